The molecule has 2 rings (SSSR count). The number of anilines is 1. The number of hydrogen-bond acceptors (Lipinski definition) is 4. The predicted octanol–water partition coefficient (Wildman–Crippen LogP) is 3.07. The van der Waals surface area contributed by atoms with Gasteiger partial charge in [-0.2, -0.15) is 0 Å². The zero-order valence-electron chi connectivity index (χ0n) is 18.8. The number of urea groups is 1. The number of carbonyl (C=O) groups is 2. The highest BCUT2D eigenvalue weighted by Gasteiger charge is 2.23. The van der Waals surface area contributed by atoms with Crippen LogP contribution in [-0.2, 0) is 11.3 Å². The smallest absolute Gasteiger partial charge is 0.409 e. The molecule has 10 heteroatoms. The van der Waals surface area contributed by atoms with Crippen molar-refractivity contribution < 1.29 is 14.3 Å². The molecule has 0 aromatic heterocycles. The third-order valence-electron chi connectivity index (χ3n) is 4.48. The molecule has 9 nitrogen and oxygen atoms in total. The summed E-state index contributed by atoms with van der Waals surface area (Å²) < 4.78 is 5.07. The van der Waals surface area contributed by atoms with Gasteiger partial charge in [0.05, 0.1) is 13.2 Å². The molecule has 31 heavy (non-hydrogen) atoms. The number of guanidine groups is 1. The summed E-state index contributed by atoms with van der Waals surface area (Å²) in [6.07, 6.45) is -0.255. The summed E-state index contributed by atoms with van der Waals surface area (Å²) in [5.74, 6) is 0.833. The summed E-state index contributed by atoms with van der Waals surface area (Å²) in [5, 5.41) is 8.93. The second kappa shape index (κ2) is 13.9. The largest absolute Gasteiger partial charge is 0.450 e. The Labute approximate surface area is 202 Å². The number of nitrogens with zero attached hydrogens (tertiary/aromatic N) is 3. The summed E-state index contributed by atoms with van der Waals surface area (Å²) in [6.45, 7) is 12.0. The number of rotatable bonds is 6. The van der Waals surface area contributed by atoms with E-state index in [-0.39, 0.29) is 42.1 Å². The summed E-state index contributed by atoms with van der Waals surface area (Å²) in [5.41, 5.74) is 1.79. The lowest BCUT2D eigenvalue weighted by atomic mass is 10.2. The molecule has 0 aliphatic carbocycles. The van der Waals surface area contributed by atoms with E-state index in [0.717, 1.165) is 23.8 Å². The Kier molecular flexibility index (Phi) is 12.1. The van der Waals surface area contributed by atoms with Gasteiger partial charge < -0.3 is 30.5 Å². The Morgan fingerprint density at radius 1 is 1.06 bits per heavy atom. The topological polar surface area (TPSA) is 98.3 Å². The molecule has 1 aromatic carbocycles. The molecule has 0 atom stereocenters. The molecule has 174 valence electrons. The van der Waals surface area contributed by atoms with Crippen LogP contribution in [-0.4, -0.2) is 73.3 Å². The van der Waals surface area contributed by atoms with Crippen LogP contribution in [0.1, 0.15) is 33.3 Å². The van der Waals surface area contributed by atoms with Gasteiger partial charge in [-0.25, -0.2) is 14.6 Å². The van der Waals surface area contributed by atoms with Crippen molar-refractivity contribution in [2.45, 2.75) is 40.3 Å². The van der Waals surface area contributed by atoms with E-state index in [1.807, 2.05) is 52.0 Å². The molecular weight excluding hydrogens is 511 g/mol. The zero-order chi connectivity index (χ0) is 21.9. The first-order chi connectivity index (χ1) is 14.4. The third-order valence-corrected chi connectivity index (χ3v) is 4.48. The first-order valence-corrected chi connectivity index (χ1v) is 10.5. The number of hydrogen-bond donors (Lipinski definition) is 3. The van der Waals surface area contributed by atoms with Crippen molar-refractivity contribution in [1.29, 1.82) is 0 Å². The minimum Gasteiger partial charge on any atom is -0.450 e. The Hall–Kier alpha value is -2.24. The minimum atomic E-state index is -0.255. The number of carbonyl (C=O) groups excluding carboxylic acids is 2. The van der Waals surface area contributed by atoms with Crippen molar-refractivity contribution >= 4 is 47.7 Å². The van der Waals surface area contributed by atoms with Gasteiger partial charge in [0.25, 0.3) is 0 Å². The lowest BCUT2D eigenvalue weighted by Gasteiger charge is -2.35. The van der Waals surface area contributed by atoms with E-state index in [4.69, 9.17) is 9.73 Å². The number of halogens is 1. The predicted molar refractivity (Wildman–Crippen MR) is 134 cm³/mol. The lowest BCUT2D eigenvalue weighted by molar-refractivity contribution is 0.0914. The normalized spacial score (nSPS) is 14.0. The summed E-state index contributed by atoms with van der Waals surface area (Å²) in [7, 11) is 0. The molecule has 1 saturated heterocycles. The van der Waals surface area contributed by atoms with Crippen molar-refractivity contribution in [1.82, 2.24) is 20.4 Å². The van der Waals surface area contributed by atoms with Gasteiger partial charge in [-0.05, 0) is 45.4 Å². The maximum absolute atomic E-state index is 11.9. The number of ether oxygens (including phenoxy) is 1. The Balaban J connectivity index is 0.00000480. The standard InChI is InChI=1S/C21H34N6O3.HI/c1-5-22-19(26-11-13-27(14-12-26)21(29)30-6-2)23-15-17-7-9-18(10-8-17)25-20(28)24-16(3)4;/h7-10,16H,5-6,11-15H2,1-4H3,(H,22,23)(H2,24,25,28);1H. The first-order valence-electron chi connectivity index (χ1n) is 10.5. The maximum atomic E-state index is 11.9. The van der Waals surface area contributed by atoms with Gasteiger partial charge in [0, 0.05) is 44.5 Å². The molecule has 0 unspecified atom stereocenters. The lowest BCUT2D eigenvalue weighted by Crippen LogP contribution is -2.53. The number of piperazine rings is 1. The second-order valence-electron chi connectivity index (χ2n) is 7.29. The summed E-state index contributed by atoms with van der Waals surface area (Å²) in [4.78, 5) is 32.3. The molecule has 0 saturated carbocycles. The van der Waals surface area contributed by atoms with Gasteiger partial charge in [-0.15, -0.1) is 24.0 Å². The van der Waals surface area contributed by atoms with Crippen molar-refractivity contribution in [2.75, 3.05) is 44.6 Å². The molecule has 3 amide bonds. The van der Waals surface area contributed by atoms with Gasteiger partial charge in [0.1, 0.15) is 0 Å². The van der Waals surface area contributed by atoms with E-state index in [1.54, 1.807) is 4.90 Å². The quantitative estimate of drug-likeness (QED) is 0.290. The van der Waals surface area contributed by atoms with E-state index >= 15 is 0 Å². The van der Waals surface area contributed by atoms with Gasteiger partial charge in [0.15, 0.2) is 5.96 Å². The molecule has 0 spiro atoms. The summed E-state index contributed by atoms with van der Waals surface area (Å²) in [6, 6.07) is 7.52. The fourth-order valence-corrected chi connectivity index (χ4v) is 3.03. The van der Waals surface area contributed by atoms with E-state index in [2.05, 4.69) is 20.9 Å². The molecule has 3 N–H and O–H groups in total. The van der Waals surface area contributed by atoms with Crippen LogP contribution in [0.3, 0.4) is 0 Å². The monoisotopic (exact) mass is 546 g/mol. The average Bonchev–Trinajstić information content (AvgIpc) is 2.72. The van der Waals surface area contributed by atoms with Gasteiger partial charge >= 0.3 is 12.1 Å². The number of benzene rings is 1. The first kappa shape index (κ1) is 26.8. The fraction of sp³-hybridized carbons (Fsp3) is 0.571. The van der Waals surface area contributed by atoms with E-state index in [9.17, 15) is 9.59 Å². The Bertz CT molecular complexity index is 718. The number of aliphatic imine (C=N–C) groups is 1. The van der Waals surface area contributed by atoms with Crippen molar-refractivity contribution in [3.8, 4) is 0 Å². The summed E-state index contributed by atoms with van der Waals surface area (Å²) >= 11 is 0. The second-order valence-corrected chi connectivity index (χ2v) is 7.29. The highest BCUT2D eigenvalue weighted by molar-refractivity contribution is 14.0. The van der Waals surface area contributed by atoms with Crippen LogP contribution in [0.15, 0.2) is 29.3 Å². The average molecular weight is 546 g/mol. The third kappa shape index (κ3) is 9.19. The van der Waals surface area contributed by atoms with Gasteiger partial charge in [-0.1, -0.05) is 12.1 Å². The molecular formula is C21H35IN6O3. The molecule has 0 radical (unpaired) electrons. The molecule has 1 fully saturated rings. The van der Waals surface area contributed by atoms with Crippen LogP contribution < -0.4 is 16.0 Å². The van der Waals surface area contributed by atoms with Crippen molar-refractivity contribution in [2.24, 2.45) is 4.99 Å². The maximum Gasteiger partial charge on any atom is 0.409 e. The van der Waals surface area contributed by atoms with Crippen LogP contribution in [0.4, 0.5) is 15.3 Å². The van der Waals surface area contributed by atoms with Gasteiger partial charge in [0.2, 0.25) is 0 Å². The zero-order valence-corrected chi connectivity index (χ0v) is 21.1. The Morgan fingerprint density at radius 2 is 1.68 bits per heavy atom. The molecule has 1 heterocycles. The van der Waals surface area contributed by atoms with Crippen molar-refractivity contribution in [3.63, 3.8) is 0 Å². The van der Waals surface area contributed by atoms with Crippen LogP contribution >= 0.6 is 24.0 Å². The highest BCUT2D eigenvalue weighted by atomic mass is 127. The molecule has 0 bridgehead atoms. The molecule has 1 aliphatic heterocycles. The van der Waals surface area contributed by atoms with Crippen LogP contribution in [0, 0.1) is 0 Å². The van der Waals surface area contributed by atoms with Crippen LogP contribution in [0.2, 0.25) is 0 Å². The highest BCUT2D eigenvalue weighted by Crippen LogP contribution is 2.11. The van der Waals surface area contributed by atoms with Gasteiger partial charge in [-0.3, -0.25) is 0 Å². The van der Waals surface area contributed by atoms with Crippen LogP contribution in [0.25, 0.3) is 0 Å². The van der Waals surface area contributed by atoms with Crippen molar-refractivity contribution in [3.05, 3.63) is 29.8 Å². The number of amides is 3. The minimum absolute atomic E-state index is 0. The Morgan fingerprint density at radius 3 is 2.23 bits per heavy atom. The molecule has 1 aromatic rings. The number of nitrogens with one attached hydrogen (secondary N) is 3. The SMILES string of the molecule is CCNC(=NCc1ccc(NC(=O)NC(C)C)cc1)N1CCN(C(=O)OCC)CC1.I. The van der Waals surface area contributed by atoms with E-state index in [0.29, 0.717) is 39.3 Å². The fourth-order valence-electron chi connectivity index (χ4n) is 3.03. The van der Waals surface area contributed by atoms with E-state index < -0.39 is 0 Å². The van der Waals surface area contributed by atoms with Crippen LogP contribution in [0.5, 0.6) is 0 Å². The molecule has 1 aliphatic rings. The van der Waals surface area contributed by atoms with E-state index in [1.165, 1.54) is 0 Å².